The largest absolute Gasteiger partial charge is 0.450 e. The molecule has 128 valence electrons. The van der Waals surface area contributed by atoms with Crippen molar-refractivity contribution in [3.8, 4) is 0 Å². The van der Waals surface area contributed by atoms with Crippen LogP contribution in [0.15, 0.2) is 24.4 Å². The molecule has 7 nitrogen and oxygen atoms in total. The standard InChI is InChI=1S/C17H22N4O3/c1-3-24-17(23)20-9-7-13(8-10-20)18-16(22)14-11-21-12(2)5-4-6-15(21)19-14/h4-6,11,13H,3,7-10H2,1-2H3,(H,18,22). The van der Waals surface area contributed by atoms with Gasteiger partial charge in [0.15, 0.2) is 0 Å². The molecule has 0 spiro atoms. The molecule has 0 unspecified atom stereocenters. The number of ether oxygens (including phenoxy) is 1. The molecule has 3 heterocycles. The lowest BCUT2D eigenvalue weighted by atomic mass is 10.1. The number of imidazole rings is 1. The minimum Gasteiger partial charge on any atom is -0.450 e. The fraction of sp³-hybridized carbons (Fsp3) is 0.471. The summed E-state index contributed by atoms with van der Waals surface area (Å²) in [5.74, 6) is -0.173. The van der Waals surface area contributed by atoms with Crippen LogP contribution in [0.3, 0.4) is 0 Å². The number of fused-ring (bicyclic) bond motifs is 1. The van der Waals surface area contributed by atoms with Crippen LogP contribution in [0.4, 0.5) is 4.79 Å². The monoisotopic (exact) mass is 330 g/mol. The molecule has 0 atom stereocenters. The number of hydrogen-bond acceptors (Lipinski definition) is 4. The van der Waals surface area contributed by atoms with E-state index in [-0.39, 0.29) is 18.0 Å². The molecule has 1 aliphatic heterocycles. The molecule has 2 aromatic rings. The van der Waals surface area contributed by atoms with E-state index >= 15 is 0 Å². The minimum absolute atomic E-state index is 0.0501. The van der Waals surface area contributed by atoms with Crippen LogP contribution >= 0.6 is 0 Å². The number of likely N-dealkylation sites (tertiary alicyclic amines) is 1. The van der Waals surface area contributed by atoms with E-state index in [4.69, 9.17) is 4.74 Å². The number of hydrogen-bond donors (Lipinski definition) is 1. The maximum absolute atomic E-state index is 12.4. The summed E-state index contributed by atoms with van der Waals surface area (Å²) in [5, 5.41) is 3.01. The molecule has 1 N–H and O–H groups in total. The van der Waals surface area contributed by atoms with Gasteiger partial charge in [-0.3, -0.25) is 4.79 Å². The molecule has 2 aromatic heterocycles. The Morgan fingerprint density at radius 3 is 2.75 bits per heavy atom. The maximum atomic E-state index is 12.4. The number of nitrogens with zero attached hydrogens (tertiary/aromatic N) is 3. The van der Waals surface area contributed by atoms with E-state index in [1.807, 2.05) is 29.5 Å². The Hall–Kier alpha value is -2.57. The van der Waals surface area contributed by atoms with Crippen LogP contribution < -0.4 is 5.32 Å². The van der Waals surface area contributed by atoms with Crippen molar-refractivity contribution >= 4 is 17.6 Å². The van der Waals surface area contributed by atoms with Crippen molar-refractivity contribution in [2.45, 2.75) is 32.7 Å². The van der Waals surface area contributed by atoms with Crippen molar-refractivity contribution in [3.63, 3.8) is 0 Å². The maximum Gasteiger partial charge on any atom is 0.409 e. The van der Waals surface area contributed by atoms with E-state index in [0.717, 1.165) is 24.2 Å². The van der Waals surface area contributed by atoms with Crippen molar-refractivity contribution in [1.29, 1.82) is 0 Å². The van der Waals surface area contributed by atoms with E-state index < -0.39 is 0 Å². The Balaban J connectivity index is 1.59. The molecule has 0 saturated carbocycles. The number of pyridine rings is 1. The van der Waals surface area contributed by atoms with Crippen LogP contribution in [0.1, 0.15) is 35.9 Å². The lowest BCUT2D eigenvalue weighted by Crippen LogP contribution is -2.46. The summed E-state index contributed by atoms with van der Waals surface area (Å²) in [7, 11) is 0. The van der Waals surface area contributed by atoms with Crippen LogP contribution in [-0.2, 0) is 4.74 Å². The van der Waals surface area contributed by atoms with Gasteiger partial charge in [0, 0.05) is 31.0 Å². The summed E-state index contributed by atoms with van der Waals surface area (Å²) in [5.41, 5.74) is 2.20. The number of aryl methyl sites for hydroxylation is 1. The molecule has 1 fully saturated rings. The van der Waals surface area contributed by atoms with E-state index in [0.29, 0.717) is 25.4 Å². The van der Waals surface area contributed by atoms with Gasteiger partial charge in [0.25, 0.3) is 5.91 Å². The Morgan fingerprint density at radius 2 is 2.08 bits per heavy atom. The Bertz CT molecular complexity index is 747. The summed E-state index contributed by atoms with van der Waals surface area (Å²) >= 11 is 0. The second-order valence-corrected chi connectivity index (χ2v) is 5.96. The van der Waals surface area contributed by atoms with Gasteiger partial charge >= 0.3 is 6.09 Å². The number of aromatic nitrogens is 2. The van der Waals surface area contributed by atoms with Gasteiger partial charge in [-0.25, -0.2) is 9.78 Å². The SMILES string of the molecule is CCOC(=O)N1CCC(NC(=O)c2cn3c(C)cccc3n2)CC1. The molecule has 2 amide bonds. The molecule has 1 saturated heterocycles. The molecule has 7 heteroatoms. The molecule has 1 aliphatic rings. The summed E-state index contributed by atoms with van der Waals surface area (Å²) in [6, 6.07) is 5.82. The van der Waals surface area contributed by atoms with Gasteiger partial charge in [-0.05, 0) is 38.8 Å². The zero-order valence-electron chi connectivity index (χ0n) is 14.0. The number of carbonyl (C=O) groups is 2. The smallest absolute Gasteiger partial charge is 0.409 e. The van der Waals surface area contributed by atoms with Crippen LogP contribution in [0.25, 0.3) is 5.65 Å². The molecule has 0 aliphatic carbocycles. The van der Waals surface area contributed by atoms with Gasteiger partial charge in [0.2, 0.25) is 0 Å². The highest BCUT2D eigenvalue weighted by Gasteiger charge is 2.25. The van der Waals surface area contributed by atoms with Gasteiger partial charge in [0.1, 0.15) is 11.3 Å². The predicted octanol–water partition coefficient (Wildman–Crippen LogP) is 1.99. The normalized spacial score (nSPS) is 15.5. The van der Waals surface area contributed by atoms with Crippen molar-refractivity contribution in [2.75, 3.05) is 19.7 Å². The van der Waals surface area contributed by atoms with Gasteiger partial charge in [-0.1, -0.05) is 6.07 Å². The topological polar surface area (TPSA) is 75.9 Å². The van der Waals surface area contributed by atoms with Crippen LogP contribution in [0, 0.1) is 6.92 Å². The van der Waals surface area contributed by atoms with Crippen molar-refractivity contribution < 1.29 is 14.3 Å². The third kappa shape index (κ3) is 3.34. The van der Waals surface area contributed by atoms with Gasteiger partial charge in [0.05, 0.1) is 6.61 Å². The first-order valence-electron chi connectivity index (χ1n) is 8.25. The van der Waals surface area contributed by atoms with E-state index in [1.54, 1.807) is 18.0 Å². The van der Waals surface area contributed by atoms with Gasteiger partial charge in [-0.15, -0.1) is 0 Å². The van der Waals surface area contributed by atoms with Crippen molar-refractivity contribution in [2.24, 2.45) is 0 Å². The average Bonchev–Trinajstić information content (AvgIpc) is 3.01. The highest BCUT2D eigenvalue weighted by molar-refractivity contribution is 5.93. The average molecular weight is 330 g/mol. The molecule has 0 bridgehead atoms. The quantitative estimate of drug-likeness (QED) is 0.934. The molecule has 0 aromatic carbocycles. The van der Waals surface area contributed by atoms with Crippen molar-refractivity contribution in [3.05, 3.63) is 35.8 Å². The molecule has 3 rings (SSSR count). The highest BCUT2D eigenvalue weighted by atomic mass is 16.6. The Morgan fingerprint density at radius 1 is 1.33 bits per heavy atom. The van der Waals surface area contributed by atoms with E-state index in [2.05, 4.69) is 10.3 Å². The number of rotatable bonds is 3. The number of piperidine rings is 1. The van der Waals surface area contributed by atoms with Gasteiger partial charge < -0.3 is 19.4 Å². The fourth-order valence-electron chi connectivity index (χ4n) is 2.94. The Labute approximate surface area is 140 Å². The molecule has 24 heavy (non-hydrogen) atoms. The number of amides is 2. The summed E-state index contributed by atoms with van der Waals surface area (Å²) in [6.45, 7) is 5.33. The first-order chi connectivity index (χ1) is 11.6. The Kier molecular flexibility index (Phi) is 4.69. The summed E-state index contributed by atoms with van der Waals surface area (Å²) in [4.78, 5) is 30.2. The summed E-state index contributed by atoms with van der Waals surface area (Å²) < 4.78 is 6.90. The predicted molar refractivity (Wildman–Crippen MR) is 89.0 cm³/mol. The summed E-state index contributed by atoms with van der Waals surface area (Å²) in [6.07, 6.45) is 2.92. The third-order valence-electron chi connectivity index (χ3n) is 4.28. The first kappa shape index (κ1) is 16.3. The molecular weight excluding hydrogens is 308 g/mol. The third-order valence-corrected chi connectivity index (χ3v) is 4.28. The van der Waals surface area contributed by atoms with Gasteiger partial charge in [-0.2, -0.15) is 0 Å². The first-order valence-corrected chi connectivity index (χ1v) is 8.25. The molecule has 0 radical (unpaired) electrons. The second kappa shape index (κ2) is 6.90. The fourth-order valence-corrected chi connectivity index (χ4v) is 2.94. The van der Waals surface area contributed by atoms with Crippen LogP contribution in [-0.4, -0.2) is 52.0 Å². The van der Waals surface area contributed by atoms with E-state index in [9.17, 15) is 9.59 Å². The second-order valence-electron chi connectivity index (χ2n) is 5.96. The lowest BCUT2D eigenvalue weighted by Gasteiger charge is -2.31. The minimum atomic E-state index is -0.280. The number of nitrogens with one attached hydrogen (secondary N) is 1. The zero-order chi connectivity index (χ0) is 17.1. The lowest BCUT2D eigenvalue weighted by molar-refractivity contribution is 0.0857. The zero-order valence-corrected chi connectivity index (χ0v) is 14.0. The van der Waals surface area contributed by atoms with Crippen molar-refractivity contribution in [1.82, 2.24) is 19.6 Å². The van der Waals surface area contributed by atoms with Crippen LogP contribution in [0.5, 0.6) is 0 Å². The van der Waals surface area contributed by atoms with Crippen LogP contribution in [0.2, 0.25) is 0 Å². The highest BCUT2D eigenvalue weighted by Crippen LogP contribution is 2.13. The molecular formula is C17H22N4O3. The number of carbonyl (C=O) groups excluding carboxylic acids is 2. The van der Waals surface area contributed by atoms with E-state index in [1.165, 1.54) is 0 Å².